The highest BCUT2D eigenvalue weighted by molar-refractivity contribution is 5.84. The van der Waals surface area contributed by atoms with Crippen LogP contribution in [0.5, 0.6) is 0 Å². The van der Waals surface area contributed by atoms with Gasteiger partial charge in [-0.3, -0.25) is 9.89 Å². The maximum Gasteiger partial charge on any atom is 0.405 e. The van der Waals surface area contributed by atoms with Gasteiger partial charge in [0.1, 0.15) is 5.69 Å². The summed E-state index contributed by atoms with van der Waals surface area (Å²) in [6, 6.07) is 15.6. The van der Waals surface area contributed by atoms with Crippen LogP contribution in [0.4, 0.5) is 4.79 Å². The third-order valence-corrected chi connectivity index (χ3v) is 4.58. The lowest BCUT2D eigenvalue weighted by Crippen LogP contribution is -2.36. The number of aromatic amines is 1. The first-order valence-corrected chi connectivity index (χ1v) is 9.23. The summed E-state index contributed by atoms with van der Waals surface area (Å²) in [5.74, 6) is -0.443. The summed E-state index contributed by atoms with van der Waals surface area (Å²) in [5.41, 5.74) is 4.14. The van der Waals surface area contributed by atoms with Crippen LogP contribution in [0.2, 0.25) is 0 Å². The van der Waals surface area contributed by atoms with Crippen LogP contribution in [0.25, 0.3) is 22.2 Å². The average molecular weight is 405 g/mol. The quantitative estimate of drug-likeness (QED) is 0.370. The van der Waals surface area contributed by atoms with Crippen molar-refractivity contribution in [3.63, 3.8) is 0 Å². The van der Waals surface area contributed by atoms with E-state index in [0.29, 0.717) is 17.9 Å². The predicted molar refractivity (Wildman–Crippen MR) is 109 cm³/mol. The zero-order chi connectivity index (χ0) is 20.9. The van der Waals surface area contributed by atoms with E-state index in [1.54, 1.807) is 10.9 Å². The molecule has 4 N–H and O–H groups in total. The lowest BCUT2D eigenvalue weighted by atomic mass is 10.1. The molecule has 2 aromatic carbocycles. The molecular weight excluding hydrogens is 386 g/mol. The lowest BCUT2D eigenvalue weighted by Gasteiger charge is -2.10. The second-order valence-electron chi connectivity index (χ2n) is 6.64. The van der Waals surface area contributed by atoms with E-state index in [9.17, 15) is 9.59 Å². The summed E-state index contributed by atoms with van der Waals surface area (Å²) in [5, 5.41) is 30.0. The summed E-state index contributed by atoms with van der Waals surface area (Å²) in [6.45, 7) is 0.311. The van der Waals surface area contributed by atoms with Crippen molar-refractivity contribution < 1.29 is 14.7 Å². The Morgan fingerprint density at radius 1 is 1.10 bits per heavy atom. The molecule has 0 radical (unpaired) electrons. The van der Waals surface area contributed by atoms with Crippen LogP contribution in [-0.4, -0.2) is 48.8 Å². The fourth-order valence-electron chi connectivity index (χ4n) is 3.11. The fourth-order valence-corrected chi connectivity index (χ4v) is 3.11. The summed E-state index contributed by atoms with van der Waals surface area (Å²) in [6.07, 6.45) is 0.474. The van der Waals surface area contributed by atoms with Gasteiger partial charge in [0.2, 0.25) is 5.91 Å². The van der Waals surface area contributed by atoms with Gasteiger partial charge in [-0.25, -0.2) is 9.48 Å². The average Bonchev–Trinajstić information content (AvgIpc) is 3.37. The largest absolute Gasteiger partial charge is 0.465 e. The Kier molecular flexibility index (Phi) is 5.37. The van der Waals surface area contributed by atoms with E-state index in [1.807, 2.05) is 53.8 Å². The van der Waals surface area contributed by atoms with Crippen LogP contribution in [0.3, 0.4) is 0 Å². The first kappa shape index (κ1) is 19.1. The summed E-state index contributed by atoms with van der Waals surface area (Å²) in [7, 11) is 0. The van der Waals surface area contributed by atoms with Gasteiger partial charge in [0, 0.05) is 10.9 Å². The predicted octanol–water partition coefficient (Wildman–Crippen LogP) is 1.75. The molecule has 0 aliphatic heterocycles. The number of rotatable bonds is 7. The normalized spacial score (nSPS) is 10.8. The number of amides is 2. The Morgan fingerprint density at radius 3 is 2.73 bits per heavy atom. The highest BCUT2D eigenvalue weighted by Crippen LogP contribution is 2.25. The Hall–Kier alpha value is -4.21. The monoisotopic (exact) mass is 405 g/mol. The molecule has 0 saturated carbocycles. The second kappa shape index (κ2) is 8.43. The standard InChI is InChI=1S/C20H19N7O3/c28-18(11-22-20(29)30)21-10-17-19(14-6-7-16-15(8-14)9-23-24-16)25-26-27(17)12-13-4-2-1-3-5-13/h1-9,22H,10-12H2,(H,21,28)(H,23,24)(H,29,30). The van der Waals surface area contributed by atoms with Crippen LogP contribution in [0.1, 0.15) is 11.3 Å². The molecule has 0 atom stereocenters. The van der Waals surface area contributed by atoms with Gasteiger partial charge in [0.15, 0.2) is 0 Å². The maximum absolute atomic E-state index is 12.0. The van der Waals surface area contributed by atoms with Crippen molar-refractivity contribution in [3.8, 4) is 11.3 Å². The molecule has 0 aliphatic carbocycles. The van der Waals surface area contributed by atoms with Crippen LogP contribution in [-0.2, 0) is 17.9 Å². The Morgan fingerprint density at radius 2 is 1.93 bits per heavy atom. The molecule has 0 bridgehead atoms. The third kappa shape index (κ3) is 4.27. The highest BCUT2D eigenvalue weighted by atomic mass is 16.4. The van der Waals surface area contributed by atoms with E-state index in [-0.39, 0.29) is 13.1 Å². The van der Waals surface area contributed by atoms with Gasteiger partial charge in [0.25, 0.3) is 0 Å². The first-order chi connectivity index (χ1) is 14.6. The number of H-pyrrole nitrogens is 1. The highest BCUT2D eigenvalue weighted by Gasteiger charge is 2.17. The minimum atomic E-state index is -1.25. The van der Waals surface area contributed by atoms with E-state index in [1.165, 1.54) is 0 Å². The maximum atomic E-state index is 12.0. The molecule has 0 fully saturated rings. The Bertz CT molecular complexity index is 1180. The summed E-state index contributed by atoms with van der Waals surface area (Å²) >= 11 is 0. The van der Waals surface area contributed by atoms with Crippen LogP contribution >= 0.6 is 0 Å². The number of carboxylic acid groups (broad SMARTS) is 1. The summed E-state index contributed by atoms with van der Waals surface area (Å²) < 4.78 is 1.73. The van der Waals surface area contributed by atoms with E-state index < -0.39 is 12.0 Å². The number of nitrogens with zero attached hydrogens (tertiary/aromatic N) is 4. The molecule has 10 heteroatoms. The van der Waals surface area contributed by atoms with Crippen molar-refractivity contribution >= 4 is 22.9 Å². The van der Waals surface area contributed by atoms with E-state index >= 15 is 0 Å². The molecule has 10 nitrogen and oxygen atoms in total. The zero-order valence-corrected chi connectivity index (χ0v) is 15.9. The van der Waals surface area contributed by atoms with Gasteiger partial charge < -0.3 is 15.7 Å². The van der Waals surface area contributed by atoms with Crippen molar-refractivity contribution in [3.05, 3.63) is 66.0 Å². The van der Waals surface area contributed by atoms with Crippen molar-refractivity contribution in [1.82, 2.24) is 35.8 Å². The van der Waals surface area contributed by atoms with Gasteiger partial charge in [0.05, 0.1) is 37.0 Å². The van der Waals surface area contributed by atoms with Gasteiger partial charge in [-0.05, 0) is 17.7 Å². The number of nitrogens with one attached hydrogen (secondary N) is 3. The smallest absolute Gasteiger partial charge is 0.405 e. The van der Waals surface area contributed by atoms with E-state index in [4.69, 9.17) is 5.11 Å². The molecule has 2 heterocycles. The van der Waals surface area contributed by atoms with Crippen LogP contribution in [0, 0.1) is 0 Å². The van der Waals surface area contributed by atoms with Crippen molar-refractivity contribution in [2.75, 3.05) is 6.54 Å². The number of hydrogen-bond acceptors (Lipinski definition) is 5. The number of hydrogen-bond donors (Lipinski definition) is 4. The summed E-state index contributed by atoms with van der Waals surface area (Å²) in [4.78, 5) is 22.6. The van der Waals surface area contributed by atoms with Crippen molar-refractivity contribution in [2.24, 2.45) is 0 Å². The molecule has 30 heavy (non-hydrogen) atoms. The fraction of sp³-hybridized carbons (Fsp3) is 0.150. The molecule has 4 aromatic rings. The molecular formula is C20H19N7O3. The second-order valence-corrected chi connectivity index (χ2v) is 6.64. The molecule has 2 amide bonds. The van der Waals surface area contributed by atoms with Crippen LogP contribution in [0.15, 0.2) is 54.7 Å². The third-order valence-electron chi connectivity index (χ3n) is 4.58. The number of aromatic nitrogens is 5. The molecule has 0 saturated heterocycles. The van der Waals surface area contributed by atoms with Gasteiger partial charge in [-0.2, -0.15) is 5.10 Å². The first-order valence-electron chi connectivity index (χ1n) is 9.23. The number of carbonyl (C=O) groups excluding carboxylic acids is 1. The lowest BCUT2D eigenvalue weighted by molar-refractivity contribution is -0.120. The van der Waals surface area contributed by atoms with Crippen molar-refractivity contribution in [1.29, 1.82) is 0 Å². The van der Waals surface area contributed by atoms with Gasteiger partial charge >= 0.3 is 6.09 Å². The molecule has 4 rings (SSSR count). The molecule has 2 aromatic heterocycles. The van der Waals surface area contributed by atoms with E-state index in [0.717, 1.165) is 22.0 Å². The van der Waals surface area contributed by atoms with Gasteiger partial charge in [-0.1, -0.05) is 41.6 Å². The minimum absolute atomic E-state index is 0.152. The Labute approximate surface area is 170 Å². The number of carbonyl (C=O) groups is 2. The zero-order valence-electron chi connectivity index (χ0n) is 15.9. The molecule has 0 unspecified atom stereocenters. The molecule has 0 aliphatic rings. The van der Waals surface area contributed by atoms with E-state index in [2.05, 4.69) is 25.8 Å². The minimum Gasteiger partial charge on any atom is -0.465 e. The van der Waals surface area contributed by atoms with Gasteiger partial charge in [-0.15, -0.1) is 5.10 Å². The van der Waals surface area contributed by atoms with Crippen LogP contribution < -0.4 is 10.6 Å². The number of fused-ring (bicyclic) bond motifs is 1. The SMILES string of the molecule is O=C(O)NCC(=O)NCc1c(-c2ccc3[nH]ncc3c2)nnn1Cc1ccccc1. The molecule has 152 valence electrons. The van der Waals surface area contributed by atoms with Crippen molar-refractivity contribution in [2.45, 2.75) is 13.1 Å². The topological polar surface area (TPSA) is 138 Å². The molecule has 0 spiro atoms. The number of benzene rings is 2. The Balaban J connectivity index is 1.63.